The smallest absolute Gasteiger partial charge is 0.228 e. The maximum absolute atomic E-state index is 11.9. The van der Waals surface area contributed by atoms with Crippen LogP contribution < -0.4 is 11.1 Å². The van der Waals surface area contributed by atoms with Gasteiger partial charge < -0.3 is 11.1 Å². The van der Waals surface area contributed by atoms with Crippen molar-refractivity contribution in [2.45, 2.75) is 31.7 Å². The number of nitrogens with one attached hydrogen (secondary N) is 1. The lowest BCUT2D eigenvalue weighted by Crippen LogP contribution is -2.32. The molecule has 1 aromatic heterocycles. The van der Waals surface area contributed by atoms with Gasteiger partial charge in [0.1, 0.15) is 0 Å². The average molecular weight is 259 g/mol. The average Bonchev–Trinajstić information content (AvgIpc) is 2.65. The molecule has 1 saturated carbocycles. The fourth-order valence-electron chi connectivity index (χ4n) is 1.99. The summed E-state index contributed by atoms with van der Waals surface area (Å²) in [5.74, 6) is 0.214. The zero-order valence-electron chi connectivity index (χ0n) is 8.91. The lowest BCUT2D eigenvalue weighted by Gasteiger charge is -2.24. The number of nitrogens with two attached hydrogens (primary N) is 1. The van der Waals surface area contributed by atoms with Crippen molar-refractivity contribution in [3.63, 3.8) is 0 Å². The first-order valence-electron chi connectivity index (χ1n) is 5.47. The van der Waals surface area contributed by atoms with E-state index in [0.717, 1.165) is 30.7 Å². The summed E-state index contributed by atoms with van der Waals surface area (Å²) in [6.07, 6.45) is 3.69. The van der Waals surface area contributed by atoms with E-state index in [1.807, 2.05) is 6.07 Å². The second-order valence-corrected chi connectivity index (χ2v) is 5.92. The predicted octanol–water partition coefficient (Wildman–Crippen LogP) is 2.86. The first-order chi connectivity index (χ1) is 7.65. The number of amides is 1. The minimum Gasteiger partial charge on any atom is -0.328 e. The van der Waals surface area contributed by atoms with Crippen LogP contribution in [0.3, 0.4) is 0 Å². The van der Waals surface area contributed by atoms with Crippen molar-refractivity contribution in [2.24, 2.45) is 11.7 Å². The van der Waals surface area contributed by atoms with Crippen LogP contribution in [-0.2, 0) is 4.79 Å². The van der Waals surface area contributed by atoms with Crippen LogP contribution in [0.2, 0.25) is 4.34 Å². The topological polar surface area (TPSA) is 55.1 Å². The summed E-state index contributed by atoms with van der Waals surface area (Å²) in [7, 11) is 0. The summed E-state index contributed by atoms with van der Waals surface area (Å²) in [6, 6.07) is 3.90. The lowest BCUT2D eigenvalue weighted by molar-refractivity contribution is -0.120. The summed E-state index contributed by atoms with van der Waals surface area (Å²) in [4.78, 5) is 11.9. The van der Waals surface area contributed by atoms with Gasteiger partial charge in [0.05, 0.1) is 9.34 Å². The zero-order valence-corrected chi connectivity index (χ0v) is 10.5. The molecule has 1 fully saturated rings. The number of halogens is 1. The molecule has 0 aliphatic heterocycles. The Hall–Kier alpha value is -0.580. The summed E-state index contributed by atoms with van der Waals surface area (Å²) in [5.41, 5.74) is 5.81. The van der Waals surface area contributed by atoms with Crippen LogP contribution in [0.25, 0.3) is 0 Å². The SMILES string of the molecule is NC1CCC(C(=O)Nc2ccc(Cl)s2)CC1. The number of carbonyl (C=O) groups excluding carboxylic acids is 1. The fourth-order valence-corrected chi connectivity index (χ4v) is 2.93. The summed E-state index contributed by atoms with van der Waals surface area (Å²) in [5, 5.41) is 3.73. The summed E-state index contributed by atoms with van der Waals surface area (Å²) in [6.45, 7) is 0. The van der Waals surface area contributed by atoms with Crippen molar-refractivity contribution in [2.75, 3.05) is 5.32 Å². The third-order valence-corrected chi connectivity index (χ3v) is 4.11. The number of hydrogen-bond donors (Lipinski definition) is 2. The molecule has 3 nitrogen and oxygen atoms in total. The number of anilines is 1. The Kier molecular flexibility index (Phi) is 3.84. The van der Waals surface area contributed by atoms with Crippen molar-refractivity contribution in [1.29, 1.82) is 0 Å². The molecule has 0 bridgehead atoms. The third-order valence-electron chi connectivity index (χ3n) is 2.96. The number of rotatable bonds is 2. The van der Waals surface area contributed by atoms with Crippen LogP contribution in [-0.4, -0.2) is 11.9 Å². The van der Waals surface area contributed by atoms with Crippen LogP contribution in [0.4, 0.5) is 5.00 Å². The molecule has 2 rings (SSSR count). The van der Waals surface area contributed by atoms with Crippen molar-refractivity contribution in [3.8, 4) is 0 Å². The normalized spacial score (nSPS) is 25.4. The third kappa shape index (κ3) is 2.97. The van der Waals surface area contributed by atoms with Gasteiger partial charge in [-0.3, -0.25) is 4.79 Å². The van der Waals surface area contributed by atoms with E-state index in [-0.39, 0.29) is 17.9 Å². The van der Waals surface area contributed by atoms with E-state index in [1.54, 1.807) is 6.07 Å². The van der Waals surface area contributed by atoms with Gasteiger partial charge in [-0.15, -0.1) is 11.3 Å². The van der Waals surface area contributed by atoms with E-state index in [0.29, 0.717) is 4.34 Å². The van der Waals surface area contributed by atoms with E-state index in [4.69, 9.17) is 17.3 Å². The highest BCUT2D eigenvalue weighted by molar-refractivity contribution is 7.20. The van der Waals surface area contributed by atoms with Crippen LogP contribution in [0.15, 0.2) is 12.1 Å². The Morgan fingerprint density at radius 3 is 2.62 bits per heavy atom. The summed E-state index contributed by atoms with van der Waals surface area (Å²) < 4.78 is 0.695. The molecule has 1 heterocycles. The van der Waals surface area contributed by atoms with Gasteiger partial charge in [-0.05, 0) is 37.8 Å². The molecular weight excluding hydrogens is 244 g/mol. The highest BCUT2D eigenvalue weighted by atomic mass is 35.5. The van der Waals surface area contributed by atoms with Crippen molar-refractivity contribution in [3.05, 3.63) is 16.5 Å². The van der Waals surface area contributed by atoms with Crippen LogP contribution in [0.5, 0.6) is 0 Å². The Morgan fingerprint density at radius 2 is 2.06 bits per heavy atom. The molecule has 0 unspecified atom stereocenters. The Labute approximate surface area is 104 Å². The van der Waals surface area contributed by atoms with E-state index in [2.05, 4.69) is 5.32 Å². The highest BCUT2D eigenvalue weighted by Gasteiger charge is 2.24. The molecule has 0 atom stereocenters. The molecule has 1 amide bonds. The Morgan fingerprint density at radius 1 is 1.38 bits per heavy atom. The van der Waals surface area contributed by atoms with Gasteiger partial charge in [-0.1, -0.05) is 11.6 Å². The molecule has 1 aliphatic carbocycles. The quantitative estimate of drug-likeness (QED) is 0.857. The minimum absolute atomic E-state index is 0.102. The molecule has 0 radical (unpaired) electrons. The highest BCUT2D eigenvalue weighted by Crippen LogP contribution is 2.28. The number of hydrogen-bond acceptors (Lipinski definition) is 3. The van der Waals surface area contributed by atoms with Gasteiger partial charge in [0.15, 0.2) is 0 Å². The minimum atomic E-state index is 0.102. The maximum Gasteiger partial charge on any atom is 0.228 e. The van der Waals surface area contributed by atoms with Crippen molar-refractivity contribution in [1.82, 2.24) is 0 Å². The van der Waals surface area contributed by atoms with E-state index < -0.39 is 0 Å². The van der Waals surface area contributed by atoms with Gasteiger partial charge in [-0.25, -0.2) is 0 Å². The van der Waals surface area contributed by atoms with E-state index in [1.165, 1.54) is 11.3 Å². The molecule has 0 saturated heterocycles. The summed E-state index contributed by atoms with van der Waals surface area (Å²) >= 11 is 7.19. The van der Waals surface area contributed by atoms with Gasteiger partial charge in [0, 0.05) is 12.0 Å². The second-order valence-electron chi connectivity index (χ2n) is 4.20. The standard InChI is InChI=1S/C11H15ClN2OS/c12-9-5-6-10(16-9)14-11(15)7-1-3-8(13)4-2-7/h5-8H,1-4,13H2,(H,14,15). The Bertz CT molecular complexity index is 372. The largest absolute Gasteiger partial charge is 0.328 e. The van der Waals surface area contributed by atoms with Crippen LogP contribution in [0, 0.1) is 5.92 Å². The van der Waals surface area contributed by atoms with Gasteiger partial charge in [0.2, 0.25) is 5.91 Å². The first-order valence-corrected chi connectivity index (χ1v) is 6.66. The van der Waals surface area contributed by atoms with Gasteiger partial charge in [-0.2, -0.15) is 0 Å². The monoisotopic (exact) mass is 258 g/mol. The zero-order chi connectivity index (χ0) is 11.5. The number of carbonyl (C=O) groups is 1. The Balaban J connectivity index is 1.88. The molecule has 3 N–H and O–H groups in total. The van der Waals surface area contributed by atoms with E-state index in [9.17, 15) is 4.79 Å². The maximum atomic E-state index is 11.9. The molecule has 0 aromatic carbocycles. The molecule has 16 heavy (non-hydrogen) atoms. The molecule has 5 heteroatoms. The van der Waals surface area contributed by atoms with Gasteiger partial charge in [0.25, 0.3) is 0 Å². The fraction of sp³-hybridized carbons (Fsp3) is 0.545. The van der Waals surface area contributed by atoms with E-state index >= 15 is 0 Å². The second kappa shape index (κ2) is 5.17. The first kappa shape index (κ1) is 11.9. The van der Waals surface area contributed by atoms with Crippen LogP contribution in [0.1, 0.15) is 25.7 Å². The molecular formula is C11H15ClN2OS. The van der Waals surface area contributed by atoms with Crippen molar-refractivity contribution >= 4 is 33.8 Å². The lowest BCUT2D eigenvalue weighted by atomic mass is 9.86. The predicted molar refractivity (Wildman–Crippen MR) is 67.9 cm³/mol. The molecule has 88 valence electrons. The van der Waals surface area contributed by atoms with Crippen LogP contribution >= 0.6 is 22.9 Å². The molecule has 0 spiro atoms. The van der Waals surface area contributed by atoms with Gasteiger partial charge >= 0.3 is 0 Å². The number of thiophene rings is 1. The van der Waals surface area contributed by atoms with Crippen molar-refractivity contribution < 1.29 is 4.79 Å². The molecule has 1 aromatic rings. The molecule has 1 aliphatic rings.